The Kier molecular flexibility index (Phi) is 3.30. The van der Waals surface area contributed by atoms with Gasteiger partial charge in [0.2, 0.25) is 0 Å². The van der Waals surface area contributed by atoms with Crippen molar-refractivity contribution in [2.45, 2.75) is 13.0 Å². The normalized spacial score (nSPS) is 12.4. The van der Waals surface area contributed by atoms with Gasteiger partial charge < -0.3 is 11.1 Å². The van der Waals surface area contributed by atoms with Crippen molar-refractivity contribution in [1.82, 2.24) is 15.3 Å². The third-order valence-corrected chi connectivity index (χ3v) is 2.41. The maximum atomic E-state index is 11.8. The number of nitrogens with two attached hydrogens (primary N) is 1. The van der Waals surface area contributed by atoms with E-state index in [4.69, 9.17) is 5.73 Å². The second-order valence-electron chi connectivity index (χ2n) is 3.85. The molecule has 0 aliphatic carbocycles. The fourth-order valence-electron chi connectivity index (χ4n) is 1.42. The Hall–Kier alpha value is -2.01. The quantitative estimate of drug-likeness (QED) is 0.813. The summed E-state index contributed by atoms with van der Waals surface area (Å²) in [7, 11) is 0. The lowest BCUT2D eigenvalue weighted by atomic mass is 10.3. The number of amides is 1. The van der Waals surface area contributed by atoms with Gasteiger partial charge in [-0.05, 0) is 19.1 Å². The van der Waals surface area contributed by atoms with Crippen LogP contribution in [-0.2, 0) is 0 Å². The highest BCUT2D eigenvalue weighted by Crippen LogP contribution is 2.08. The van der Waals surface area contributed by atoms with Gasteiger partial charge in [0.25, 0.3) is 5.91 Å². The summed E-state index contributed by atoms with van der Waals surface area (Å²) in [6.45, 7) is 2.24. The van der Waals surface area contributed by atoms with Crippen LogP contribution in [0, 0.1) is 0 Å². The van der Waals surface area contributed by atoms with Crippen molar-refractivity contribution >= 4 is 16.9 Å². The molecule has 1 aromatic heterocycles. The van der Waals surface area contributed by atoms with Gasteiger partial charge in [-0.3, -0.25) is 9.78 Å². The monoisotopic (exact) mass is 230 g/mol. The molecule has 5 nitrogen and oxygen atoms in total. The van der Waals surface area contributed by atoms with Gasteiger partial charge in [-0.15, -0.1) is 0 Å². The third kappa shape index (κ3) is 2.57. The molecule has 1 heterocycles. The molecule has 1 amide bonds. The van der Waals surface area contributed by atoms with E-state index in [-0.39, 0.29) is 11.9 Å². The Morgan fingerprint density at radius 1 is 1.41 bits per heavy atom. The van der Waals surface area contributed by atoms with Gasteiger partial charge in [-0.2, -0.15) is 0 Å². The number of nitrogens with one attached hydrogen (secondary N) is 1. The molecular formula is C12H14N4O. The van der Waals surface area contributed by atoms with Gasteiger partial charge >= 0.3 is 0 Å². The molecule has 0 saturated heterocycles. The Morgan fingerprint density at radius 2 is 2.12 bits per heavy atom. The van der Waals surface area contributed by atoms with Crippen LogP contribution in [0.25, 0.3) is 11.0 Å². The van der Waals surface area contributed by atoms with Gasteiger partial charge in [-0.25, -0.2) is 4.98 Å². The van der Waals surface area contributed by atoms with Gasteiger partial charge in [0.1, 0.15) is 5.69 Å². The molecule has 0 radical (unpaired) electrons. The van der Waals surface area contributed by atoms with Crippen molar-refractivity contribution in [1.29, 1.82) is 0 Å². The average molecular weight is 230 g/mol. The van der Waals surface area contributed by atoms with Crippen molar-refractivity contribution in [2.75, 3.05) is 6.54 Å². The SMILES string of the molecule is C[C@@H](CN)NC(=O)c1cnc2ccccc2n1. The van der Waals surface area contributed by atoms with Crippen molar-refractivity contribution in [3.8, 4) is 0 Å². The van der Waals surface area contributed by atoms with Crippen molar-refractivity contribution in [3.63, 3.8) is 0 Å². The Bertz CT molecular complexity index is 541. The average Bonchev–Trinajstić information content (AvgIpc) is 2.38. The van der Waals surface area contributed by atoms with Crippen LogP contribution in [0.4, 0.5) is 0 Å². The van der Waals surface area contributed by atoms with Crippen molar-refractivity contribution < 1.29 is 4.79 Å². The number of carbonyl (C=O) groups is 1. The first-order valence-electron chi connectivity index (χ1n) is 5.43. The van der Waals surface area contributed by atoms with Crippen LogP contribution >= 0.6 is 0 Å². The second kappa shape index (κ2) is 4.88. The molecule has 0 saturated carbocycles. The van der Waals surface area contributed by atoms with E-state index < -0.39 is 0 Å². The first kappa shape index (κ1) is 11.5. The summed E-state index contributed by atoms with van der Waals surface area (Å²) in [5.41, 5.74) is 7.23. The van der Waals surface area contributed by atoms with Gasteiger partial charge in [0.15, 0.2) is 0 Å². The zero-order chi connectivity index (χ0) is 12.3. The van der Waals surface area contributed by atoms with Crippen LogP contribution in [0.2, 0.25) is 0 Å². The largest absolute Gasteiger partial charge is 0.347 e. The van der Waals surface area contributed by atoms with Crippen LogP contribution in [0.1, 0.15) is 17.4 Å². The first-order valence-corrected chi connectivity index (χ1v) is 5.43. The van der Waals surface area contributed by atoms with Gasteiger partial charge in [-0.1, -0.05) is 12.1 Å². The maximum Gasteiger partial charge on any atom is 0.271 e. The molecule has 0 bridgehead atoms. The highest BCUT2D eigenvalue weighted by molar-refractivity contribution is 5.93. The molecule has 1 aromatic carbocycles. The van der Waals surface area contributed by atoms with E-state index in [1.54, 1.807) is 0 Å². The number of carbonyl (C=O) groups excluding carboxylic acids is 1. The van der Waals surface area contributed by atoms with E-state index >= 15 is 0 Å². The smallest absolute Gasteiger partial charge is 0.271 e. The molecule has 5 heteroatoms. The predicted molar refractivity (Wildman–Crippen MR) is 65.5 cm³/mol. The first-order chi connectivity index (χ1) is 8.20. The topological polar surface area (TPSA) is 80.9 Å². The minimum absolute atomic E-state index is 0.0734. The Labute approximate surface area is 99.1 Å². The van der Waals surface area contributed by atoms with E-state index in [0.29, 0.717) is 17.8 Å². The van der Waals surface area contributed by atoms with E-state index in [1.807, 2.05) is 31.2 Å². The second-order valence-corrected chi connectivity index (χ2v) is 3.85. The highest BCUT2D eigenvalue weighted by atomic mass is 16.1. The molecule has 0 aliphatic rings. The molecule has 88 valence electrons. The molecule has 0 unspecified atom stereocenters. The molecule has 0 aliphatic heterocycles. The van der Waals surface area contributed by atoms with Crippen LogP contribution < -0.4 is 11.1 Å². The molecule has 0 fully saturated rings. The molecule has 17 heavy (non-hydrogen) atoms. The lowest BCUT2D eigenvalue weighted by molar-refractivity contribution is 0.0936. The van der Waals surface area contributed by atoms with Gasteiger partial charge in [0, 0.05) is 12.6 Å². The van der Waals surface area contributed by atoms with E-state index in [9.17, 15) is 4.79 Å². The predicted octanol–water partition coefficient (Wildman–Crippen LogP) is 0.707. The lowest BCUT2D eigenvalue weighted by Gasteiger charge is -2.10. The number of para-hydroxylation sites is 2. The molecule has 2 aromatic rings. The third-order valence-electron chi connectivity index (χ3n) is 2.41. The standard InChI is InChI=1S/C12H14N4O/c1-8(6-13)15-12(17)11-7-14-9-4-2-3-5-10(9)16-11/h2-5,7-8H,6,13H2,1H3,(H,15,17)/t8-/m0/s1. The molecular weight excluding hydrogens is 216 g/mol. The fraction of sp³-hybridized carbons (Fsp3) is 0.250. The number of hydrogen-bond acceptors (Lipinski definition) is 4. The summed E-state index contributed by atoms with van der Waals surface area (Å²) in [6, 6.07) is 7.35. The summed E-state index contributed by atoms with van der Waals surface area (Å²) in [4.78, 5) is 20.2. The number of benzene rings is 1. The fourth-order valence-corrected chi connectivity index (χ4v) is 1.42. The van der Waals surface area contributed by atoms with Crippen molar-refractivity contribution in [2.24, 2.45) is 5.73 Å². The zero-order valence-electron chi connectivity index (χ0n) is 9.55. The van der Waals surface area contributed by atoms with E-state index in [1.165, 1.54) is 6.20 Å². The maximum absolute atomic E-state index is 11.8. The van der Waals surface area contributed by atoms with E-state index in [2.05, 4.69) is 15.3 Å². The highest BCUT2D eigenvalue weighted by Gasteiger charge is 2.10. The summed E-state index contributed by atoms with van der Waals surface area (Å²) >= 11 is 0. The van der Waals surface area contributed by atoms with Crippen LogP contribution in [0.15, 0.2) is 30.5 Å². The van der Waals surface area contributed by atoms with Crippen LogP contribution in [-0.4, -0.2) is 28.5 Å². The van der Waals surface area contributed by atoms with Crippen LogP contribution in [0.5, 0.6) is 0 Å². The summed E-state index contributed by atoms with van der Waals surface area (Å²) < 4.78 is 0. The number of nitrogens with zero attached hydrogens (tertiary/aromatic N) is 2. The molecule has 1 atom stereocenters. The Morgan fingerprint density at radius 3 is 2.82 bits per heavy atom. The molecule has 0 spiro atoms. The number of aromatic nitrogens is 2. The number of hydrogen-bond donors (Lipinski definition) is 2. The van der Waals surface area contributed by atoms with Crippen LogP contribution in [0.3, 0.4) is 0 Å². The summed E-state index contributed by atoms with van der Waals surface area (Å²) in [6.07, 6.45) is 1.47. The van der Waals surface area contributed by atoms with Gasteiger partial charge in [0.05, 0.1) is 17.2 Å². The Balaban J connectivity index is 2.27. The number of fused-ring (bicyclic) bond motifs is 1. The lowest BCUT2D eigenvalue weighted by Crippen LogP contribution is -2.38. The van der Waals surface area contributed by atoms with E-state index in [0.717, 1.165) is 5.52 Å². The molecule has 3 N–H and O–H groups in total. The summed E-state index contributed by atoms with van der Waals surface area (Å²) in [5.74, 6) is -0.249. The van der Waals surface area contributed by atoms with Crippen molar-refractivity contribution in [3.05, 3.63) is 36.2 Å². The minimum atomic E-state index is -0.249. The minimum Gasteiger partial charge on any atom is -0.347 e. The number of rotatable bonds is 3. The summed E-state index contributed by atoms with van der Waals surface area (Å²) in [5, 5.41) is 2.74. The zero-order valence-corrected chi connectivity index (χ0v) is 9.55. The molecule has 2 rings (SSSR count).